The molecule has 0 saturated carbocycles. The Morgan fingerprint density at radius 3 is 2.57 bits per heavy atom. The number of halogens is 2. The summed E-state index contributed by atoms with van der Waals surface area (Å²) in [5.41, 5.74) is -0.116. The highest BCUT2D eigenvalue weighted by Gasteiger charge is 2.51. The number of benzene rings is 1. The van der Waals surface area contributed by atoms with Crippen molar-refractivity contribution in [2.75, 3.05) is 5.75 Å². The highest BCUT2D eigenvalue weighted by Crippen LogP contribution is 2.44. The summed E-state index contributed by atoms with van der Waals surface area (Å²) in [6.45, 7) is 4.71. The predicted molar refractivity (Wildman–Crippen MR) is 114 cm³/mol. The summed E-state index contributed by atoms with van der Waals surface area (Å²) in [5.74, 6) is -0.612. The Morgan fingerprint density at radius 1 is 1.23 bits per heavy atom. The smallest absolute Gasteiger partial charge is 0.247 e. The zero-order valence-electron chi connectivity index (χ0n) is 16.3. The zero-order chi connectivity index (χ0) is 21.9. The molecule has 3 heterocycles. The van der Waals surface area contributed by atoms with E-state index in [1.54, 1.807) is 19.1 Å². The summed E-state index contributed by atoms with van der Waals surface area (Å²) in [6, 6.07) is 6.00. The minimum absolute atomic E-state index is 0.0910. The number of rotatable bonds is 3. The van der Waals surface area contributed by atoms with Gasteiger partial charge in [0.1, 0.15) is 16.4 Å². The lowest BCUT2D eigenvalue weighted by Gasteiger charge is -2.42. The quantitative estimate of drug-likeness (QED) is 0.594. The maximum absolute atomic E-state index is 14.2. The van der Waals surface area contributed by atoms with Crippen molar-refractivity contribution in [3.8, 4) is 21.9 Å². The van der Waals surface area contributed by atoms with Gasteiger partial charge in [0.05, 0.1) is 16.3 Å². The van der Waals surface area contributed by atoms with Crippen molar-refractivity contribution in [3.05, 3.63) is 46.4 Å². The summed E-state index contributed by atoms with van der Waals surface area (Å²) in [5, 5.41) is 19.0. The van der Waals surface area contributed by atoms with Crippen LogP contribution in [0.25, 0.3) is 21.9 Å². The summed E-state index contributed by atoms with van der Waals surface area (Å²) in [7, 11) is -3.61. The van der Waals surface area contributed by atoms with E-state index in [1.807, 2.05) is 0 Å². The summed E-state index contributed by atoms with van der Waals surface area (Å²) in [4.78, 5) is 1.21. The molecule has 0 bridgehead atoms. The molecule has 7 nitrogen and oxygen atoms in total. The van der Waals surface area contributed by atoms with Crippen LogP contribution in [0.2, 0.25) is 5.02 Å². The third kappa shape index (κ3) is 3.32. The third-order valence-electron chi connectivity index (χ3n) is 5.24. The maximum Gasteiger partial charge on any atom is 0.247 e. The van der Waals surface area contributed by atoms with Crippen molar-refractivity contribution in [1.82, 2.24) is 15.5 Å². The SMILES string of the molecule is CC1(C)C(=N)N[C@](C)(c2sc(-c3cc(F)cc(-c4nnco4)c3)cc2Cl)CS1(=O)=O. The predicted octanol–water partition coefficient (Wildman–Crippen LogP) is 4.25. The van der Waals surface area contributed by atoms with Gasteiger partial charge in [-0.15, -0.1) is 21.5 Å². The summed E-state index contributed by atoms with van der Waals surface area (Å²) in [6.07, 6.45) is 1.16. The minimum Gasteiger partial charge on any atom is -0.423 e. The molecule has 1 aromatic carbocycles. The van der Waals surface area contributed by atoms with Crippen LogP contribution in [-0.4, -0.2) is 35.0 Å². The molecule has 1 atom stereocenters. The Kier molecular flexibility index (Phi) is 4.79. The van der Waals surface area contributed by atoms with Gasteiger partial charge >= 0.3 is 0 Å². The normalized spacial score (nSPS) is 22.6. The molecule has 1 fully saturated rings. The molecular formula is C19H18ClFN4O3S2. The van der Waals surface area contributed by atoms with E-state index in [2.05, 4.69) is 15.5 Å². The third-order valence-corrected chi connectivity index (χ3v) is 9.81. The lowest BCUT2D eigenvalue weighted by atomic mass is 10.00. The number of sulfone groups is 1. The van der Waals surface area contributed by atoms with Crippen LogP contribution in [0.5, 0.6) is 0 Å². The van der Waals surface area contributed by atoms with E-state index in [1.165, 1.54) is 37.3 Å². The van der Waals surface area contributed by atoms with Crippen LogP contribution < -0.4 is 5.32 Å². The second kappa shape index (κ2) is 6.86. The van der Waals surface area contributed by atoms with Crippen LogP contribution in [0.1, 0.15) is 25.6 Å². The van der Waals surface area contributed by atoms with E-state index in [0.29, 0.717) is 25.9 Å². The fourth-order valence-electron chi connectivity index (χ4n) is 3.34. The van der Waals surface area contributed by atoms with Gasteiger partial charge in [-0.1, -0.05) is 11.6 Å². The lowest BCUT2D eigenvalue weighted by molar-refractivity contribution is 0.450. The topological polar surface area (TPSA) is 109 Å². The summed E-state index contributed by atoms with van der Waals surface area (Å²) < 4.78 is 43.7. The van der Waals surface area contributed by atoms with E-state index in [9.17, 15) is 12.8 Å². The number of hydrogen-bond acceptors (Lipinski definition) is 7. The highest BCUT2D eigenvalue weighted by atomic mass is 35.5. The second-order valence-electron chi connectivity index (χ2n) is 7.86. The molecule has 11 heteroatoms. The number of nitrogens with zero attached hydrogens (tertiary/aromatic N) is 2. The van der Waals surface area contributed by atoms with Crippen molar-refractivity contribution in [2.24, 2.45) is 0 Å². The molecule has 4 rings (SSSR count). The fraction of sp³-hybridized carbons (Fsp3) is 0.316. The Hall–Kier alpha value is -2.30. The Labute approximate surface area is 181 Å². The van der Waals surface area contributed by atoms with Gasteiger partial charge in [0.15, 0.2) is 9.84 Å². The second-order valence-corrected chi connectivity index (χ2v) is 11.9. The average Bonchev–Trinajstić information content (AvgIpc) is 3.29. The van der Waals surface area contributed by atoms with Crippen LogP contribution in [-0.2, 0) is 15.4 Å². The Morgan fingerprint density at radius 2 is 1.93 bits per heavy atom. The van der Waals surface area contributed by atoms with Crippen LogP contribution in [0.4, 0.5) is 4.39 Å². The molecule has 0 aliphatic carbocycles. The Bertz CT molecular complexity index is 1250. The van der Waals surface area contributed by atoms with Crippen molar-refractivity contribution in [1.29, 1.82) is 5.41 Å². The largest absolute Gasteiger partial charge is 0.423 e. The first-order chi connectivity index (χ1) is 13.9. The van der Waals surface area contributed by atoms with E-state index in [-0.39, 0.29) is 17.5 Å². The monoisotopic (exact) mass is 468 g/mol. The Balaban J connectivity index is 1.77. The molecule has 0 unspecified atom stereocenters. The molecule has 30 heavy (non-hydrogen) atoms. The number of thiophene rings is 1. The molecule has 1 saturated heterocycles. The van der Waals surface area contributed by atoms with Gasteiger partial charge in [-0.2, -0.15) is 0 Å². The minimum atomic E-state index is -3.61. The highest BCUT2D eigenvalue weighted by molar-refractivity contribution is 7.93. The molecule has 2 aromatic heterocycles. The van der Waals surface area contributed by atoms with Crippen LogP contribution >= 0.6 is 22.9 Å². The molecule has 1 aliphatic rings. The number of amidine groups is 1. The number of nitrogens with one attached hydrogen (secondary N) is 2. The van der Waals surface area contributed by atoms with Crippen molar-refractivity contribution < 1.29 is 17.2 Å². The zero-order valence-corrected chi connectivity index (χ0v) is 18.7. The molecule has 0 spiro atoms. The lowest BCUT2D eigenvalue weighted by Crippen LogP contribution is -2.63. The first-order valence-corrected chi connectivity index (χ1v) is 11.7. The van der Waals surface area contributed by atoms with Gasteiger partial charge in [-0.05, 0) is 50.6 Å². The number of hydrogen-bond donors (Lipinski definition) is 2. The van der Waals surface area contributed by atoms with Gasteiger partial charge in [-0.25, -0.2) is 12.8 Å². The van der Waals surface area contributed by atoms with Crippen LogP contribution in [0.15, 0.2) is 35.1 Å². The van der Waals surface area contributed by atoms with E-state index >= 15 is 0 Å². The van der Waals surface area contributed by atoms with Crippen molar-refractivity contribution >= 4 is 38.6 Å². The number of aromatic nitrogens is 2. The van der Waals surface area contributed by atoms with Gasteiger partial charge in [-0.3, -0.25) is 5.41 Å². The van der Waals surface area contributed by atoms with Gasteiger partial charge in [0.25, 0.3) is 0 Å². The average molecular weight is 469 g/mol. The molecule has 0 amide bonds. The van der Waals surface area contributed by atoms with Gasteiger partial charge in [0, 0.05) is 15.3 Å². The first-order valence-electron chi connectivity index (χ1n) is 8.90. The molecule has 1 aliphatic heterocycles. The molecular weight excluding hydrogens is 451 g/mol. The van der Waals surface area contributed by atoms with Gasteiger partial charge < -0.3 is 9.73 Å². The van der Waals surface area contributed by atoms with Crippen LogP contribution in [0.3, 0.4) is 0 Å². The molecule has 2 N–H and O–H groups in total. The van der Waals surface area contributed by atoms with Crippen molar-refractivity contribution in [2.45, 2.75) is 31.1 Å². The molecule has 158 valence electrons. The first kappa shape index (κ1) is 21.0. The van der Waals surface area contributed by atoms with Crippen molar-refractivity contribution in [3.63, 3.8) is 0 Å². The van der Waals surface area contributed by atoms with E-state index in [4.69, 9.17) is 21.4 Å². The van der Waals surface area contributed by atoms with E-state index < -0.39 is 25.9 Å². The molecule has 3 aromatic rings. The molecule has 0 radical (unpaired) electrons. The maximum atomic E-state index is 14.2. The van der Waals surface area contributed by atoms with Gasteiger partial charge in [0.2, 0.25) is 12.3 Å². The van der Waals surface area contributed by atoms with Crippen LogP contribution in [0, 0.1) is 11.2 Å². The summed E-state index contributed by atoms with van der Waals surface area (Å²) >= 11 is 7.73. The standard InChI is InChI=1S/C19H18ClFN4O3S2/c1-18(2)17(22)24-19(3,8-30(18,26)27)15-13(20)7-14(29-15)10-4-11(6-12(21)5-10)16-25-23-9-28-16/h4-7,9H,8H2,1-3H3,(H2,22,24)/t19-/m0/s1. The van der Waals surface area contributed by atoms with E-state index in [0.717, 1.165) is 6.39 Å². The fourth-order valence-corrected chi connectivity index (χ4v) is 6.77.